The highest BCUT2D eigenvalue weighted by Crippen LogP contribution is 1.99. The lowest BCUT2D eigenvalue weighted by Crippen LogP contribution is -1.97. The predicted octanol–water partition coefficient (Wildman–Crippen LogP) is -0.174. The molecule has 0 N–H and O–H groups in total. The Labute approximate surface area is 53.0 Å². The van der Waals surface area contributed by atoms with Crippen molar-refractivity contribution in [3.8, 4) is 6.07 Å². The first kappa shape index (κ1) is 7.98. The fraction of sp³-hybridized carbons (Fsp3) is 0.250. The largest absolute Gasteiger partial charge is 0.296 e. The van der Waals surface area contributed by atoms with Gasteiger partial charge in [0.05, 0.1) is 0 Å². The molecule has 0 fully saturated rings. The summed E-state index contributed by atoms with van der Waals surface area (Å²) in [5.74, 6) is 0. The number of nitriles is 1. The lowest BCUT2D eigenvalue weighted by atomic mass is 10.7. The van der Waals surface area contributed by atoms with E-state index in [2.05, 4.69) is 0 Å². The average Bonchev–Trinajstić information content (AvgIpc) is 1.65. The minimum absolute atomic E-state index is 0.0231. The molecule has 4 nitrogen and oxygen atoms in total. The highest BCUT2D eigenvalue weighted by Gasteiger charge is 2.09. The first-order chi connectivity index (χ1) is 4.02. The standard InChI is InChI=1S/C4H4NO3S/c1-9(7,8)4(2-5)3-6/h3H,1H3. The molecule has 1 radical (unpaired) electrons. The summed E-state index contributed by atoms with van der Waals surface area (Å²) < 4.78 is 20.6. The summed E-state index contributed by atoms with van der Waals surface area (Å²) in [6.07, 6.45) is 0.829. The van der Waals surface area contributed by atoms with Crippen molar-refractivity contribution in [2.45, 2.75) is 0 Å². The molecule has 0 saturated heterocycles. The molecule has 0 aliphatic rings. The Morgan fingerprint density at radius 1 is 1.67 bits per heavy atom. The summed E-state index contributed by atoms with van der Waals surface area (Å²) in [4.78, 5) is -0.734. The Kier molecular flexibility index (Phi) is 2.22. The fourth-order valence-electron chi connectivity index (χ4n) is 0.197. The quantitative estimate of drug-likeness (QED) is 0.380. The summed E-state index contributed by atoms with van der Waals surface area (Å²) in [5.41, 5.74) is 0. The lowest BCUT2D eigenvalue weighted by molar-refractivity contribution is 0.350. The Morgan fingerprint density at radius 3 is 2.11 bits per heavy atom. The number of nitrogens with zero attached hydrogens (tertiary/aromatic N) is 1. The van der Waals surface area contributed by atoms with Crippen LogP contribution < -0.4 is 0 Å². The van der Waals surface area contributed by atoms with Crippen LogP contribution in [0.5, 0.6) is 0 Å². The van der Waals surface area contributed by atoms with Crippen molar-refractivity contribution in [3.05, 3.63) is 11.2 Å². The van der Waals surface area contributed by atoms with E-state index in [-0.39, 0.29) is 6.26 Å². The van der Waals surface area contributed by atoms with Gasteiger partial charge in [0.1, 0.15) is 6.07 Å². The Balaban J connectivity index is 4.85. The molecule has 0 amide bonds. The maximum Gasteiger partial charge on any atom is 0.188 e. The van der Waals surface area contributed by atoms with Gasteiger partial charge in [-0.2, -0.15) is 5.26 Å². The van der Waals surface area contributed by atoms with Crippen LogP contribution in [0.2, 0.25) is 0 Å². The maximum absolute atomic E-state index is 10.3. The molecule has 0 spiro atoms. The SMILES string of the molecule is CS(=O)(=O)C(C#N)=C[O]. The molecule has 0 aliphatic heterocycles. The molecular formula is C4H4NO3S. The summed E-state index contributed by atoms with van der Waals surface area (Å²) in [6.45, 7) is 0. The third kappa shape index (κ3) is 2.15. The molecule has 49 valence electrons. The molecule has 0 saturated carbocycles. The molecule has 0 aromatic carbocycles. The van der Waals surface area contributed by atoms with Crippen molar-refractivity contribution in [2.75, 3.05) is 6.26 Å². The van der Waals surface area contributed by atoms with Gasteiger partial charge in [-0.05, 0) is 0 Å². The van der Waals surface area contributed by atoms with Crippen LogP contribution in [0.1, 0.15) is 0 Å². The van der Waals surface area contributed by atoms with E-state index in [0.717, 1.165) is 6.26 Å². The van der Waals surface area contributed by atoms with Crippen LogP contribution in [0.4, 0.5) is 0 Å². The van der Waals surface area contributed by atoms with Gasteiger partial charge in [0.15, 0.2) is 21.0 Å². The Hall–Kier alpha value is -1.02. The molecule has 0 heterocycles. The van der Waals surface area contributed by atoms with E-state index in [0.29, 0.717) is 0 Å². The Morgan fingerprint density at radius 2 is 2.11 bits per heavy atom. The highest BCUT2D eigenvalue weighted by atomic mass is 32.2. The number of rotatable bonds is 1. The van der Waals surface area contributed by atoms with Crippen molar-refractivity contribution >= 4 is 9.84 Å². The summed E-state index contributed by atoms with van der Waals surface area (Å²) in [6, 6.07) is 1.25. The van der Waals surface area contributed by atoms with Crippen molar-refractivity contribution < 1.29 is 13.5 Å². The maximum atomic E-state index is 10.3. The number of hydrogen-bond acceptors (Lipinski definition) is 3. The van der Waals surface area contributed by atoms with Crippen LogP contribution >= 0.6 is 0 Å². The molecule has 0 rings (SSSR count). The molecule has 0 aliphatic carbocycles. The van der Waals surface area contributed by atoms with Crippen molar-refractivity contribution in [1.82, 2.24) is 0 Å². The van der Waals surface area contributed by atoms with Crippen LogP contribution in [0.25, 0.3) is 0 Å². The van der Waals surface area contributed by atoms with Gasteiger partial charge < -0.3 is 0 Å². The zero-order chi connectivity index (χ0) is 7.49. The third-order valence-corrected chi connectivity index (χ3v) is 1.60. The van der Waals surface area contributed by atoms with Gasteiger partial charge in [0.2, 0.25) is 0 Å². The van der Waals surface area contributed by atoms with E-state index < -0.39 is 14.7 Å². The van der Waals surface area contributed by atoms with Crippen LogP contribution in [0.15, 0.2) is 11.2 Å². The lowest BCUT2D eigenvalue weighted by Gasteiger charge is -1.85. The zero-order valence-electron chi connectivity index (χ0n) is 4.66. The van der Waals surface area contributed by atoms with E-state index in [1.165, 1.54) is 6.07 Å². The zero-order valence-corrected chi connectivity index (χ0v) is 5.47. The second-order valence-electron chi connectivity index (χ2n) is 1.37. The van der Waals surface area contributed by atoms with Crippen LogP contribution in [-0.4, -0.2) is 14.7 Å². The minimum atomic E-state index is -3.58. The van der Waals surface area contributed by atoms with Crippen molar-refractivity contribution in [1.29, 1.82) is 5.26 Å². The number of allylic oxidation sites excluding steroid dienone is 1. The molecule has 0 atom stereocenters. The van der Waals surface area contributed by atoms with Crippen molar-refractivity contribution in [3.63, 3.8) is 0 Å². The Bertz CT molecular complexity index is 256. The van der Waals surface area contributed by atoms with E-state index in [9.17, 15) is 13.5 Å². The van der Waals surface area contributed by atoms with Gasteiger partial charge in [-0.3, -0.25) is 5.11 Å². The summed E-state index contributed by atoms with van der Waals surface area (Å²) in [7, 11) is -3.58. The van der Waals surface area contributed by atoms with Crippen molar-refractivity contribution in [2.24, 2.45) is 0 Å². The second-order valence-corrected chi connectivity index (χ2v) is 3.35. The first-order valence-corrected chi connectivity index (χ1v) is 3.84. The van der Waals surface area contributed by atoms with E-state index >= 15 is 0 Å². The van der Waals surface area contributed by atoms with Gasteiger partial charge in [0, 0.05) is 6.26 Å². The normalized spacial score (nSPS) is 12.7. The van der Waals surface area contributed by atoms with E-state index in [1.54, 1.807) is 0 Å². The fourth-order valence-corrected chi connectivity index (χ4v) is 0.537. The third-order valence-electron chi connectivity index (χ3n) is 0.617. The second kappa shape index (κ2) is 2.51. The van der Waals surface area contributed by atoms with Gasteiger partial charge in [-0.15, -0.1) is 0 Å². The molecule has 9 heavy (non-hydrogen) atoms. The topological polar surface area (TPSA) is 77.8 Å². The molecule has 0 aromatic rings. The minimum Gasteiger partial charge on any atom is -0.296 e. The van der Waals surface area contributed by atoms with E-state index in [4.69, 9.17) is 5.26 Å². The predicted molar refractivity (Wildman–Crippen MR) is 29.2 cm³/mol. The number of sulfone groups is 1. The van der Waals surface area contributed by atoms with Gasteiger partial charge >= 0.3 is 0 Å². The summed E-state index contributed by atoms with van der Waals surface area (Å²) >= 11 is 0. The molecule has 0 aromatic heterocycles. The smallest absolute Gasteiger partial charge is 0.188 e. The summed E-state index contributed by atoms with van der Waals surface area (Å²) in [5, 5.41) is 17.7. The highest BCUT2D eigenvalue weighted by molar-refractivity contribution is 7.94. The molecule has 5 heteroatoms. The first-order valence-electron chi connectivity index (χ1n) is 1.94. The van der Waals surface area contributed by atoms with E-state index in [1.807, 2.05) is 0 Å². The van der Waals surface area contributed by atoms with Crippen LogP contribution in [0.3, 0.4) is 0 Å². The monoisotopic (exact) mass is 146 g/mol. The van der Waals surface area contributed by atoms with Gasteiger partial charge in [0.25, 0.3) is 0 Å². The van der Waals surface area contributed by atoms with Gasteiger partial charge in [-0.1, -0.05) is 0 Å². The van der Waals surface area contributed by atoms with Gasteiger partial charge in [-0.25, -0.2) is 8.42 Å². The number of hydrogen-bond donors (Lipinski definition) is 0. The molecule has 0 unspecified atom stereocenters. The average molecular weight is 146 g/mol. The van der Waals surface area contributed by atoms with Crippen LogP contribution in [-0.2, 0) is 14.9 Å². The molecule has 0 bridgehead atoms. The van der Waals surface area contributed by atoms with Crippen LogP contribution in [0, 0.1) is 11.3 Å². The molecular weight excluding hydrogens is 142 g/mol.